The average Bonchev–Trinajstić information content (AvgIpc) is 3.05. The zero-order valence-electron chi connectivity index (χ0n) is 21.9. The maximum atomic E-state index is 17.2. The minimum atomic E-state index is -2.09. The number of aliphatic hydroxyl groups is 2. The molecule has 200 valence electrons. The van der Waals surface area contributed by atoms with Gasteiger partial charge in [0.2, 0.25) is 0 Å². The van der Waals surface area contributed by atoms with Crippen molar-refractivity contribution < 1.29 is 33.7 Å². The first-order valence-electron chi connectivity index (χ1n) is 13.1. The number of fused-ring (bicyclic) bond motifs is 5. The molecule has 4 aliphatic carbocycles. The number of ether oxygens (including phenoxy) is 1. The molecule has 5 unspecified atom stereocenters. The lowest BCUT2D eigenvalue weighted by molar-refractivity contribution is -0.220. The fourth-order valence-electron chi connectivity index (χ4n) is 8.26. The molecule has 5 rings (SSSR count). The number of rotatable bonds is 4. The first-order chi connectivity index (χ1) is 17.3. The highest BCUT2D eigenvalue weighted by Gasteiger charge is 2.76. The van der Waals surface area contributed by atoms with Crippen molar-refractivity contribution in [3.63, 3.8) is 0 Å². The van der Waals surface area contributed by atoms with Crippen molar-refractivity contribution in [3.8, 4) is 0 Å². The number of alkyl halides is 1. The van der Waals surface area contributed by atoms with Crippen molar-refractivity contribution in [1.29, 1.82) is 0 Å². The van der Waals surface area contributed by atoms with E-state index in [4.69, 9.17) is 4.74 Å². The quantitative estimate of drug-likeness (QED) is 0.440. The van der Waals surface area contributed by atoms with Crippen molar-refractivity contribution in [3.05, 3.63) is 47.7 Å². The van der Waals surface area contributed by atoms with E-state index in [1.165, 1.54) is 12.2 Å². The Bertz CT molecular complexity index is 1170. The minimum absolute atomic E-state index is 0.0682. The molecule has 0 aromatic heterocycles. The lowest BCUT2D eigenvalue weighted by atomic mass is 9.44. The van der Waals surface area contributed by atoms with Crippen LogP contribution in [0.5, 0.6) is 0 Å². The van der Waals surface area contributed by atoms with Gasteiger partial charge >= 0.3 is 5.97 Å². The molecule has 0 spiro atoms. The van der Waals surface area contributed by atoms with E-state index in [9.17, 15) is 24.6 Å². The molecule has 0 bridgehead atoms. The molecule has 1 aliphatic heterocycles. The highest BCUT2D eigenvalue weighted by Crippen LogP contribution is 2.70. The number of likely N-dealkylation sites (N-methyl/N-ethyl adjacent to an activating group) is 1. The lowest BCUT2D eigenvalue weighted by Crippen LogP contribution is -2.69. The fraction of sp³-hybridized carbons (Fsp3) is 0.621. The minimum Gasteiger partial charge on any atom is -0.455 e. The van der Waals surface area contributed by atoms with Gasteiger partial charge in [0.25, 0.3) is 5.78 Å². The number of esters is 1. The third-order valence-corrected chi connectivity index (χ3v) is 10.3. The molecule has 0 aromatic rings. The van der Waals surface area contributed by atoms with Gasteiger partial charge in [0, 0.05) is 30.3 Å². The molecule has 2 N–H and O–H groups in total. The number of nitrogens with zero attached hydrogens (tertiary/aromatic N) is 1. The summed E-state index contributed by atoms with van der Waals surface area (Å²) in [6, 6.07) is 0. The third kappa shape index (κ3) is 3.41. The number of ketones is 2. The van der Waals surface area contributed by atoms with Crippen LogP contribution in [0.3, 0.4) is 0 Å². The summed E-state index contributed by atoms with van der Waals surface area (Å²) in [5.74, 6) is -4.07. The van der Waals surface area contributed by atoms with Crippen LogP contribution in [0.25, 0.3) is 0 Å². The van der Waals surface area contributed by atoms with Crippen LogP contribution in [0.1, 0.15) is 46.5 Å². The van der Waals surface area contributed by atoms with Gasteiger partial charge in [-0.3, -0.25) is 9.59 Å². The fourth-order valence-corrected chi connectivity index (χ4v) is 8.26. The van der Waals surface area contributed by atoms with Crippen LogP contribution in [0, 0.1) is 28.6 Å². The third-order valence-electron chi connectivity index (χ3n) is 10.3. The summed E-state index contributed by atoms with van der Waals surface area (Å²) >= 11 is 0. The molecule has 3 saturated carbocycles. The van der Waals surface area contributed by atoms with E-state index in [-0.39, 0.29) is 18.8 Å². The van der Waals surface area contributed by atoms with E-state index < -0.39 is 57.7 Å². The molecule has 1 heterocycles. The maximum Gasteiger partial charge on any atom is 0.378 e. The number of hydrogen-bond donors (Lipinski definition) is 2. The number of hydrogen-bond acceptors (Lipinski definition) is 7. The van der Waals surface area contributed by atoms with Gasteiger partial charge in [0.15, 0.2) is 11.5 Å². The van der Waals surface area contributed by atoms with E-state index in [0.717, 1.165) is 5.57 Å². The second kappa shape index (κ2) is 8.46. The Labute approximate surface area is 216 Å². The predicted molar refractivity (Wildman–Crippen MR) is 134 cm³/mol. The zero-order valence-corrected chi connectivity index (χ0v) is 21.9. The van der Waals surface area contributed by atoms with E-state index in [2.05, 4.69) is 0 Å². The first kappa shape index (κ1) is 26.0. The van der Waals surface area contributed by atoms with Crippen molar-refractivity contribution >= 4 is 17.5 Å². The van der Waals surface area contributed by atoms with Gasteiger partial charge in [-0.1, -0.05) is 31.6 Å². The summed E-state index contributed by atoms with van der Waals surface area (Å²) in [5.41, 5.74) is -5.06. The maximum absolute atomic E-state index is 17.2. The van der Waals surface area contributed by atoms with Crippen LogP contribution < -0.4 is 0 Å². The molecule has 8 atom stereocenters. The molecule has 5 aliphatic rings. The largest absolute Gasteiger partial charge is 0.455 e. The smallest absolute Gasteiger partial charge is 0.378 e. The molecule has 8 heteroatoms. The molecule has 0 aromatic carbocycles. The Hall–Kier alpha value is -2.58. The summed E-state index contributed by atoms with van der Waals surface area (Å²) in [7, 11) is 1.88. The number of allylic oxidation sites excluding steroid dienone is 6. The van der Waals surface area contributed by atoms with E-state index in [0.29, 0.717) is 31.4 Å². The summed E-state index contributed by atoms with van der Waals surface area (Å²) in [6.45, 7) is 5.62. The standard InChI is InChI=1S/C29H36FNO6/c1-17-12-22-21-8-7-19-13-20(32)9-10-26(19,2)28(21,30)23(33)14-27(22,3)29(17,36)24(34)25(35)37-16-18-6-5-11-31(4)15-18/h5-6,9-11,13,17,21-23,33,36H,7-8,12,14-16H2,1-4H3/t17-,21?,22?,23?,26?,27?,28+,29+/m1/s1. The van der Waals surface area contributed by atoms with Crippen LogP contribution in [-0.2, 0) is 19.1 Å². The van der Waals surface area contributed by atoms with E-state index >= 15 is 4.39 Å². The van der Waals surface area contributed by atoms with Gasteiger partial charge in [-0.05, 0) is 74.4 Å². The van der Waals surface area contributed by atoms with Crippen LogP contribution >= 0.6 is 0 Å². The Balaban J connectivity index is 1.43. The summed E-state index contributed by atoms with van der Waals surface area (Å²) in [6.07, 6.45) is 9.45. The van der Waals surface area contributed by atoms with Crippen LogP contribution in [-0.4, -0.2) is 70.2 Å². The highest BCUT2D eigenvalue weighted by molar-refractivity contribution is 6.37. The van der Waals surface area contributed by atoms with Gasteiger partial charge in [0.1, 0.15) is 12.2 Å². The molecule has 0 radical (unpaired) electrons. The number of carbonyl (C=O) groups excluding carboxylic acids is 3. The van der Waals surface area contributed by atoms with Crippen LogP contribution in [0.15, 0.2) is 47.7 Å². The van der Waals surface area contributed by atoms with Gasteiger partial charge in [-0.25, -0.2) is 9.18 Å². The zero-order chi connectivity index (χ0) is 27.0. The number of aliphatic hydroxyl groups excluding tert-OH is 1. The van der Waals surface area contributed by atoms with Crippen LogP contribution in [0.2, 0.25) is 0 Å². The Kier molecular flexibility index (Phi) is 5.96. The predicted octanol–water partition coefficient (Wildman–Crippen LogP) is 2.83. The average molecular weight is 514 g/mol. The SMILES string of the molecule is C[C@@H]1CC2C3CCC4=CC(=O)C=CC4(C)[C@@]3(F)C(O)CC2(C)[C@@]1(O)C(=O)C(=O)OCC1=CC=CN(C)C1. The first-order valence-corrected chi connectivity index (χ1v) is 13.1. The van der Waals surface area contributed by atoms with Gasteiger partial charge in [-0.2, -0.15) is 0 Å². The Morgan fingerprint density at radius 3 is 2.70 bits per heavy atom. The summed E-state index contributed by atoms with van der Waals surface area (Å²) in [4.78, 5) is 40.4. The highest BCUT2D eigenvalue weighted by atomic mass is 19.1. The normalized spacial score (nSPS) is 44.4. The van der Waals surface area contributed by atoms with Gasteiger partial charge in [-0.15, -0.1) is 0 Å². The van der Waals surface area contributed by atoms with Crippen molar-refractivity contribution in [1.82, 2.24) is 4.90 Å². The number of Topliss-reactive ketones (excluding diaryl/α,β-unsaturated/α-hetero) is 1. The van der Waals surface area contributed by atoms with Crippen LogP contribution in [0.4, 0.5) is 4.39 Å². The van der Waals surface area contributed by atoms with Crippen molar-refractivity contribution in [2.24, 2.45) is 28.6 Å². The molecular formula is C29H36FNO6. The summed E-state index contributed by atoms with van der Waals surface area (Å²) < 4.78 is 22.6. The Morgan fingerprint density at radius 1 is 1.27 bits per heavy atom. The molecule has 7 nitrogen and oxygen atoms in total. The number of halogens is 1. The van der Waals surface area contributed by atoms with Crippen molar-refractivity contribution in [2.45, 2.75) is 63.8 Å². The second-order valence-electron chi connectivity index (χ2n) is 12.2. The molecule has 3 fully saturated rings. The van der Waals surface area contributed by atoms with E-state index in [1.807, 2.05) is 30.3 Å². The van der Waals surface area contributed by atoms with Gasteiger partial charge in [0.05, 0.1) is 6.10 Å². The van der Waals surface area contributed by atoms with E-state index in [1.54, 1.807) is 26.8 Å². The molecular weight excluding hydrogens is 477 g/mol. The number of carbonyl (C=O) groups is 3. The summed E-state index contributed by atoms with van der Waals surface area (Å²) in [5, 5.41) is 23.4. The van der Waals surface area contributed by atoms with Crippen molar-refractivity contribution in [2.75, 3.05) is 20.2 Å². The van der Waals surface area contributed by atoms with Gasteiger partial charge < -0.3 is 19.8 Å². The molecule has 0 saturated heterocycles. The monoisotopic (exact) mass is 513 g/mol. The lowest BCUT2D eigenvalue weighted by Gasteiger charge is -2.62. The second-order valence-corrected chi connectivity index (χ2v) is 12.2. The topological polar surface area (TPSA) is 104 Å². The molecule has 37 heavy (non-hydrogen) atoms. The Morgan fingerprint density at radius 2 is 2.00 bits per heavy atom. The molecule has 0 amide bonds.